The third-order valence-electron chi connectivity index (χ3n) is 5.63. The molecule has 182 valence electrons. The van der Waals surface area contributed by atoms with Crippen LogP contribution < -0.4 is 24.4 Å². The van der Waals surface area contributed by atoms with Gasteiger partial charge in [0.2, 0.25) is 0 Å². The Balaban J connectivity index is 2.06. The van der Waals surface area contributed by atoms with Crippen molar-refractivity contribution in [2.75, 3.05) is 20.8 Å². The summed E-state index contributed by atoms with van der Waals surface area (Å²) >= 11 is 1.28. The Morgan fingerprint density at radius 2 is 1.91 bits per heavy atom. The summed E-state index contributed by atoms with van der Waals surface area (Å²) in [7, 11) is 3.12. The summed E-state index contributed by atoms with van der Waals surface area (Å²) in [4.78, 5) is 36.4. The van der Waals surface area contributed by atoms with Gasteiger partial charge in [-0.1, -0.05) is 24.7 Å². The first kappa shape index (κ1) is 24.4. The second-order valence-corrected chi connectivity index (χ2v) is 8.81. The molecule has 0 N–H and O–H groups in total. The first-order valence-corrected chi connectivity index (χ1v) is 12.2. The van der Waals surface area contributed by atoms with E-state index in [0.29, 0.717) is 44.1 Å². The molecule has 1 unspecified atom stereocenters. The van der Waals surface area contributed by atoms with E-state index in [4.69, 9.17) is 19.2 Å². The number of ether oxygens (including phenoxy) is 3. The summed E-state index contributed by atoms with van der Waals surface area (Å²) in [5, 5.41) is 0. The van der Waals surface area contributed by atoms with Gasteiger partial charge in [-0.2, -0.15) is 0 Å². The van der Waals surface area contributed by atoms with E-state index in [1.54, 1.807) is 62.4 Å². The molecule has 1 aromatic carbocycles. The second kappa shape index (κ2) is 10.7. The van der Waals surface area contributed by atoms with Gasteiger partial charge >= 0.3 is 5.97 Å². The Morgan fingerprint density at radius 3 is 2.57 bits per heavy atom. The van der Waals surface area contributed by atoms with E-state index in [9.17, 15) is 9.59 Å². The number of hydrogen-bond acceptors (Lipinski definition) is 8. The maximum atomic E-state index is 13.8. The number of methoxy groups -OCH3 is 2. The van der Waals surface area contributed by atoms with Gasteiger partial charge in [0.05, 0.1) is 36.6 Å². The van der Waals surface area contributed by atoms with Crippen LogP contribution in [0.5, 0.6) is 11.5 Å². The lowest BCUT2D eigenvalue weighted by Crippen LogP contribution is -2.40. The molecule has 0 saturated heterocycles. The van der Waals surface area contributed by atoms with Crippen molar-refractivity contribution in [1.29, 1.82) is 0 Å². The molecule has 1 aliphatic heterocycles. The standard InChI is InChI=1S/C26H27N3O5S/c1-5-7-19-22(25(31)34-6-2)23(18-15-17(32-3)8-9-20(18)33-4)29-24(30)21(35-26(29)28-19)14-16-10-12-27-13-11-16/h8-15,23H,5-7H2,1-4H3/b21-14+. The Labute approximate surface area is 206 Å². The van der Waals surface area contributed by atoms with Crippen molar-refractivity contribution in [1.82, 2.24) is 9.55 Å². The van der Waals surface area contributed by atoms with Gasteiger partial charge < -0.3 is 14.2 Å². The predicted octanol–water partition coefficient (Wildman–Crippen LogP) is 2.99. The molecule has 8 nitrogen and oxygen atoms in total. The number of rotatable bonds is 8. The monoisotopic (exact) mass is 493 g/mol. The number of thiazole rings is 1. The molecule has 3 aromatic rings. The van der Waals surface area contributed by atoms with Crippen molar-refractivity contribution < 1.29 is 19.0 Å². The SMILES string of the molecule is CCCC1=C(C(=O)OCC)C(c2cc(OC)ccc2OC)n2c(s/c(=C/c3ccncc3)c2=O)=N1. The minimum atomic E-state index is -0.781. The largest absolute Gasteiger partial charge is 0.497 e. The topological polar surface area (TPSA) is 92.0 Å². The number of carbonyl (C=O) groups excluding carboxylic acids is 1. The molecule has 2 aromatic heterocycles. The lowest BCUT2D eigenvalue weighted by atomic mass is 9.93. The van der Waals surface area contributed by atoms with Crippen LogP contribution in [-0.4, -0.2) is 36.3 Å². The molecule has 4 rings (SSSR count). The van der Waals surface area contributed by atoms with Crippen LogP contribution in [0, 0.1) is 0 Å². The number of esters is 1. The molecule has 1 atom stereocenters. The Morgan fingerprint density at radius 1 is 1.14 bits per heavy atom. The molecular weight excluding hydrogens is 466 g/mol. The fourth-order valence-corrected chi connectivity index (χ4v) is 5.10. The quantitative estimate of drug-likeness (QED) is 0.448. The zero-order chi connectivity index (χ0) is 24.9. The number of fused-ring (bicyclic) bond motifs is 1. The summed E-state index contributed by atoms with van der Waals surface area (Å²) < 4.78 is 18.6. The number of nitrogens with zero attached hydrogens (tertiary/aromatic N) is 3. The van der Waals surface area contributed by atoms with E-state index in [1.165, 1.54) is 11.3 Å². The highest BCUT2D eigenvalue weighted by Crippen LogP contribution is 2.38. The van der Waals surface area contributed by atoms with Crippen molar-refractivity contribution in [2.24, 2.45) is 4.99 Å². The highest BCUT2D eigenvalue weighted by molar-refractivity contribution is 7.07. The van der Waals surface area contributed by atoms with Gasteiger partial charge in [-0.15, -0.1) is 0 Å². The summed E-state index contributed by atoms with van der Waals surface area (Å²) in [6.45, 7) is 3.98. The van der Waals surface area contributed by atoms with Crippen LogP contribution in [0.15, 0.2) is 63.8 Å². The Bertz CT molecular complexity index is 1440. The molecule has 0 amide bonds. The van der Waals surface area contributed by atoms with E-state index in [-0.39, 0.29) is 12.2 Å². The number of hydrogen-bond donors (Lipinski definition) is 0. The molecule has 0 bridgehead atoms. The van der Waals surface area contributed by atoms with Gasteiger partial charge in [0.1, 0.15) is 17.5 Å². The zero-order valence-electron chi connectivity index (χ0n) is 20.1. The predicted molar refractivity (Wildman–Crippen MR) is 133 cm³/mol. The lowest BCUT2D eigenvalue weighted by Gasteiger charge is -2.27. The molecule has 9 heteroatoms. The maximum Gasteiger partial charge on any atom is 0.338 e. The Hall–Kier alpha value is -3.72. The van der Waals surface area contributed by atoms with Gasteiger partial charge in [0.25, 0.3) is 5.56 Å². The van der Waals surface area contributed by atoms with Crippen LogP contribution >= 0.6 is 11.3 Å². The van der Waals surface area contributed by atoms with Crippen LogP contribution in [0.4, 0.5) is 0 Å². The number of pyridine rings is 1. The average Bonchev–Trinajstić information content (AvgIpc) is 3.18. The molecule has 0 saturated carbocycles. The van der Waals surface area contributed by atoms with Gasteiger partial charge in [0.15, 0.2) is 4.80 Å². The van der Waals surface area contributed by atoms with E-state index in [0.717, 1.165) is 12.0 Å². The van der Waals surface area contributed by atoms with Crippen molar-refractivity contribution in [2.45, 2.75) is 32.7 Å². The van der Waals surface area contributed by atoms with Crippen molar-refractivity contribution in [3.63, 3.8) is 0 Å². The molecule has 0 fully saturated rings. The fraction of sp³-hybridized carbons (Fsp3) is 0.308. The minimum Gasteiger partial charge on any atom is -0.497 e. The summed E-state index contributed by atoms with van der Waals surface area (Å²) in [6.07, 6.45) is 6.48. The molecule has 0 radical (unpaired) electrons. The van der Waals surface area contributed by atoms with Gasteiger partial charge in [0, 0.05) is 18.0 Å². The number of carbonyl (C=O) groups is 1. The molecule has 0 spiro atoms. The first-order valence-electron chi connectivity index (χ1n) is 11.4. The molecule has 1 aliphatic rings. The summed E-state index contributed by atoms with van der Waals surface area (Å²) in [6, 6.07) is 8.20. The first-order chi connectivity index (χ1) is 17.0. The van der Waals surface area contributed by atoms with E-state index < -0.39 is 12.0 Å². The van der Waals surface area contributed by atoms with E-state index >= 15 is 0 Å². The molecule has 35 heavy (non-hydrogen) atoms. The van der Waals surface area contributed by atoms with Gasteiger partial charge in [-0.25, -0.2) is 9.79 Å². The van der Waals surface area contributed by atoms with Gasteiger partial charge in [-0.3, -0.25) is 14.3 Å². The fourth-order valence-electron chi connectivity index (χ4n) is 4.08. The molecular formula is C26H27N3O5S. The van der Waals surface area contributed by atoms with E-state index in [1.807, 2.05) is 19.1 Å². The van der Waals surface area contributed by atoms with Gasteiger partial charge in [-0.05, 0) is 55.3 Å². The molecule has 0 aliphatic carbocycles. The molecule has 3 heterocycles. The number of aromatic nitrogens is 2. The third-order valence-corrected chi connectivity index (χ3v) is 6.61. The van der Waals surface area contributed by atoms with Crippen LogP contribution in [0.25, 0.3) is 6.08 Å². The van der Waals surface area contributed by atoms with Crippen molar-refractivity contribution in [3.05, 3.63) is 84.8 Å². The maximum absolute atomic E-state index is 13.8. The normalized spacial score (nSPS) is 15.4. The highest BCUT2D eigenvalue weighted by Gasteiger charge is 2.36. The highest BCUT2D eigenvalue weighted by atomic mass is 32.1. The smallest absolute Gasteiger partial charge is 0.338 e. The zero-order valence-corrected chi connectivity index (χ0v) is 20.9. The van der Waals surface area contributed by atoms with Crippen molar-refractivity contribution >= 4 is 23.4 Å². The summed E-state index contributed by atoms with van der Waals surface area (Å²) in [5.41, 5.74) is 2.16. The van der Waals surface area contributed by atoms with Crippen LogP contribution in [0.2, 0.25) is 0 Å². The van der Waals surface area contributed by atoms with E-state index in [2.05, 4.69) is 4.98 Å². The van der Waals surface area contributed by atoms with Crippen LogP contribution in [-0.2, 0) is 9.53 Å². The van der Waals surface area contributed by atoms with Crippen LogP contribution in [0.3, 0.4) is 0 Å². The summed E-state index contributed by atoms with van der Waals surface area (Å²) in [5.74, 6) is 0.606. The minimum absolute atomic E-state index is 0.205. The van der Waals surface area contributed by atoms with Crippen molar-refractivity contribution in [3.8, 4) is 11.5 Å². The second-order valence-electron chi connectivity index (χ2n) is 7.80. The van der Waals surface area contributed by atoms with Crippen LogP contribution in [0.1, 0.15) is 43.9 Å². The average molecular weight is 494 g/mol. The number of benzene rings is 1. The third kappa shape index (κ3) is 4.77. The number of allylic oxidation sites excluding steroid dienone is 1. The Kier molecular flexibility index (Phi) is 7.45. The lowest BCUT2D eigenvalue weighted by molar-refractivity contribution is -0.139.